The Balaban J connectivity index is 2.43. The number of ketones is 1. The summed E-state index contributed by atoms with van der Waals surface area (Å²) in [5.74, 6) is -0.119. The van der Waals surface area contributed by atoms with Crippen LogP contribution in [0.5, 0.6) is 23.0 Å². The van der Waals surface area contributed by atoms with Crippen LogP contribution in [-0.2, 0) is 9.59 Å². The SMILES string of the molecule is CCOc1ccc(Cl)c(N=NC(C(C)=O)C(=O)Nc2c(OC)cc(Cl)cc2OC)c1OCC. The largest absolute Gasteiger partial charge is 0.494 e. The fraction of sp³-hybridized carbons (Fsp3) is 0.364. The van der Waals surface area contributed by atoms with Crippen molar-refractivity contribution in [1.82, 2.24) is 0 Å². The summed E-state index contributed by atoms with van der Waals surface area (Å²) in [6.07, 6.45) is 0. The second-order valence-electron chi connectivity index (χ2n) is 6.49. The lowest BCUT2D eigenvalue weighted by molar-refractivity contribution is -0.126. The van der Waals surface area contributed by atoms with Crippen molar-refractivity contribution < 1.29 is 28.5 Å². The Hall–Kier alpha value is -3.04. The molecule has 33 heavy (non-hydrogen) atoms. The van der Waals surface area contributed by atoms with Crippen LogP contribution in [0.1, 0.15) is 20.8 Å². The molecule has 9 nitrogen and oxygen atoms in total. The highest BCUT2D eigenvalue weighted by molar-refractivity contribution is 6.33. The number of hydrogen-bond donors (Lipinski definition) is 1. The minimum absolute atomic E-state index is 0.144. The number of nitrogens with one attached hydrogen (secondary N) is 1. The Morgan fingerprint density at radius 1 is 1.00 bits per heavy atom. The molecule has 2 aromatic carbocycles. The molecule has 1 atom stereocenters. The van der Waals surface area contributed by atoms with Gasteiger partial charge in [-0.3, -0.25) is 9.59 Å². The van der Waals surface area contributed by atoms with E-state index >= 15 is 0 Å². The Kier molecular flexibility index (Phi) is 9.74. The van der Waals surface area contributed by atoms with Crippen LogP contribution in [-0.4, -0.2) is 45.2 Å². The van der Waals surface area contributed by atoms with Crippen LogP contribution in [0, 0.1) is 0 Å². The quantitative estimate of drug-likeness (QED) is 0.324. The highest BCUT2D eigenvalue weighted by Gasteiger charge is 2.26. The van der Waals surface area contributed by atoms with Gasteiger partial charge in [0.15, 0.2) is 17.3 Å². The highest BCUT2D eigenvalue weighted by atomic mass is 35.5. The topological polar surface area (TPSA) is 108 Å². The van der Waals surface area contributed by atoms with Gasteiger partial charge in [-0.2, -0.15) is 5.11 Å². The normalized spacial score (nSPS) is 11.7. The molecule has 1 unspecified atom stereocenters. The van der Waals surface area contributed by atoms with Gasteiger partial charge in [-0.25, -0.2) is 0 Å². The molecule has 0 aliphatic rings. The number of nitrogens with zero attached hydrogens (tertiary/aromatic N) is 2. The predicted molar refractivity (Wildman–Crippen MR) is 126 cm³/mol. The van der Waals surface area contributed by atoms with E-state index in [0.717, 1.165) is 0 Å². The molecule has 1 N–H and O–H groups in total. The molecule has 2 aromatic rings. The van der Waals surface area contributed by atoms with Crippen LogP contribution in [0.25, 0.3) is 0 Å². The van der Waals surface area contributed by atoms with Crippen LogP contribution >= 0.6 is 23.2 Å². The van der Waals surface area contributed by atoms with Gasteiger partial charge in [-0.05, 0) is 32.9 Å². The van der Waals surface area contributed by atoms with E-state index in [-0.39, 0.29) is 33.6 Å². The number of azo groups is 1. The average Bonchev–Trinajstić information content (AvgIpc) is 2.78. The smallest absolute Gasteiger partial charge is 0.259 e. The van der Waals surface area contributed by atoms with Gasteiger partial charge >= 0.3 is 0 Å². The second kappa shape index (κ2) is 12.3. The molecule has 178 valence electrons. The summed E-state index contributed by atoms with van der Waals surface area (Å²) in [5, 5.41) is 11.2. The van der Waals surface area contributed by atoms with E-state index in [2.05, 4.69) is 15.5 Å². The molecule has 0 saturated carbocycles. The Bertz CT molecular complexity index is 1020. The number of hydrogen-bond acceptors (Lipinski definition) is 8. The van der Waals surface area contributed by atoms with Crippen molar-refractivity contribution >= 4 is 46.3 Å². The lowest BCUT2D eigenvalue weighted by Crippen LogP contribution is -2.32. The van der Waals surface area contributed by atoms with Crippen molar-refractivity contribution in [3.05, 3.63) is 34.3 Å². The van der Waals surface area contributed by atoms with Gasteiger partial charge in [-0.15, -0.1) is 5.11 Å². The Morgan fingerprint density at radius 3 is 2.12 bits per heavy atom. The number of carbonyl (C=O) groups is 2. The molecular weight excluding hydrogens is 473 g/mol. The van der Waals surface area contributed by atoms with E-state index in [9.17, 15) is 9.59 Å². The Morgan fingerprint density at radius 2 is 1.61 bits per heavy atom. The zero-order valence-corrected chi connectivity index (χ0v) is 20.4. The minimum Gasteiger partial charge on any atom is -0.494 e. The van der Waals surface area contributed by atoms with Crippen LogP contribution in [0.15, 0.2) is 34.5 Å². The fourth-order valence-electron chi connectivity index (χ4n) is 2.80. The first-order valence-electron chi connectivity index (χ1n) is 9.99. The van der Waals surface area contributed by atoms with Gasteiger partial charge in [0.05, 0.1) is 32.5 Å². The minimum atomic E-state index is -1.48. The molecule has 0 heterocycles. The summed E-state index contributed by atoms with van der Waals surface area (Å²) in [7, 11) is 2.82. The lowest BCUT2D eigenvalue weighted by atomic mass is 10.2. The van der Waals surface area contributed by atoms with Crippen molar-refractivity contribution in [3.63, 3.8) is 0 Å². The van der Waals surface area contributed by atoms with E-state index in [0.29, 0.717) is 24.0 Å². The van der Waals surface area contributed by atoms with E-state index in [4.69, 9.17) is 42.1 Å². The number of carbonyl (C=O) groups excluding carboxylic acids is 2. The zero-order valence-electron chi connectivity index (χ0n) is 18.9. The molecule has 0 saturated heterocycles. The van der Waals surface area contributed by atoms with Gasteiger partial charge in [0.1, 0.15) is 22.9 Å². The molecule has 11 heteroatoms. The highest BCUT2D eigenvalue weighted by Crippen LogP contribution is 2.43. The number of benzene rings is 2. The molecule has 0 fully saturated rings. The number of anilines is 1. The molecule has 1 amide bonds. The van der Waals surface area contributed by atoms with E-state index in [1.165, 1.54) is 33.3 Å². The summed E-state index contributed by atoms with van der Waals surface area (Å²) in [4.78, 5) is 25.2. The first-order chi connectivity index (χ1) is 15.8. The number of rotatable bonds is 11. The van der Waals surface area contributed by atoms with Gasteiger partial charge in [-0.1, -0.05) is 23.2 Å². The third-order valence-electron chi connectivity index (χ3n) is 4.26. The van der Waals surface area contributed by atoms with Crippen LogP contribution in [0.2, 0.25) is 10.0 Å². The standard InChI is InChI=1S/C22H25Cl2N3O6/c1-6-32-15-9-8-14(24)19(21(15)33-7-2)27-26-18(12(3)28)22(29)25-20-16(30-4)10-13(23)11-17(20)31-5/h8-11,18H,6-7H2,1-5H3,(H,25,29). The van der Waals surface area contributed by atoms with Crippen LogP contribution in [0.3, 0.4) is 0 Å². The predicted octanol–water partition coefficient (Wildman–Crippen LogP) is 5.49. The third-order valence-corrected chi connectivity index (χ3v) is 4.78. The first-order valence-corrected chi connectivity index (χ1v) is 10.7. The maximum absolute atomic E-state index is 12.9. The molecule has 0 aliphatic carbocycles. The number of halogens is 2. The summed E-state index contributed by atoms with van der Waals surface area (Å²) in [6, 6.07) is 4.73. The number of methoxy groups -OCH3 is 2. The molecule has 0 aliphatic heterocycles. The monoisotopic (exact) mass is 497 g/mol. The summed E-state index contributed by atoms with van der Waals surface area (Å²) in [5.41, 5.74) is 0.340. The second-order valence-corrected chi connectivity index (χ2v) is 7.34. The van der Waals surface area contributed by atoms with Crippen molar-refractivity contribution in [2.75, 3.05) is 32.8 Å². The molecule has 2 rings (SSSR count). The van der Waals surface area contributed by atoms with Crippen LogP contribution in [0.4, 0.5) is 11.4 Å². The van der Waals surface area contributed by atoms with E-state index in [1.807, 2.05) is 6.92 Å². The molecule has 0 radical (unpaired) electrons. The molecule has 0 spiro atoms. The van der Waals surface area contributed by atoms with Gasteiger partial charge in [0, 0.05) is 17.2 Å². The Labute approximate surface area is 202 Å². The summed E-state index contributed by atoms with van der Waals surface area (Å²) < 4.78 is 21.7. The number of amides is 1. The maximum atomic E-state index is 12.9. The van der Waals surface area contributed by atoms with Crippen molar-refractivity contribution in [2.24, 2.45) is 10.2 Å². The van der Waals surface area contributed by atoms with Crippen molar-refractivity contribution in [3.8, 4) is 23.0 Å². The van der Waals surface area contributed by atoms with E-state index in [1.54, 1.807) is 19.1 Å². The molecular formula is C22H25Cl2N3O6. The fourth-order valence-corrected chi connectivity index (χ4v) is 3.19. The van der Waals surface area contributed by atoms with Crippen LogP contribution < -0.4 is 24.3 Å². The zero-order chi connectivity index (χ0) is 24.5. The average molecular weight is 498 g/mol. The first kappa shape index (κ1) is 26.2. The van der Waals surface area contributed by atoms with Crippen molar-refractivity contribution in [2.45, 2.75) is 26.8 Å². The van der Waals surface area contributed by atoms with Gasteiger partial charge in [0.25, 0.3) is 5.91 Å². The number of Topliss-reactive ketones (excluding diaryl/α,β-unsaturated/α-hetero) is 1. The van der Waals surface area contributed by atoms with E-state index < -0.39 is 17.7 Å². The number of ether oxygens (including phenoxy) is 4. The third kappa shape index (κ3) is 6.49. The molecule has 0 bridgehead atoms. The van der Waals surface area contributed by atoms with Gasteiger partial charge < -0.3 is 24.3 Å². The summed E-state index contributed by atoms with van der Waals surface area (Å²) in [6.45, 7) is 5.54. The lowest BCUT2D eigenvalue weighted by Gasteiger charge is -2.16. The summed E-state index contributed by atoms with van der Waals surface area (Å²) >= 11 is 12.3. The van der Waals surface area contributed by atoms with Crippen molar-refractivity contribution in [1.29, 1.82) is 0 Å². The van der Waals surface area contributed by atoms with Gasteiger partial charge in [0.2, 0.25) is 6.04 Å². The maximum Gasteiger partial charge on any atom is 0.259 e. The molecule has 0 aromatic heterocycles.